The molecule has 0 aliphatic rings. The van der Waals surface area contributed by atoms with Gasteiger partial charge in [0.2, 0.25) is 5.91 Å². The van der Waals surface area contributed by atoms with E-state index >= 15 is 0 Å². The summed E-state index contributed by atoms with van der Waals surface area (Å²) >= 11 is 4.96. The van der Waals surface area contributed by atoms with E-state index in [9.17, 15) is 9.18 Å². The van der Waals surface area contributed by atoms with Crippen molar-refractivity contribution < 1.29 is 9.18 Å². The second-order valence-corrected chi connectivity index (χ2v) is 5.36. The summed E-state index contributed by atoms with van der Waals surface area (Å²) in [5.74, 6) is -0.952. The Morgan fingerprint density at radius 1 is 1.45 bits per heavy atom. The molecule has 0 radical (unpaired) electrons. The van der Waals surface area contributed by atoms with Crippen molar-refractivity contribution in [2.24, 2.45) is 11.7 Å². The van der Waals surface area contributed by atoms with Gasteiger partial charge >= 0.3 is 0 Å². The van der Waals surface area contributed by atoms with Crippen molar-refractivity contribution in [3.63, 3.8) is 0 Å². The van der Waals surface area contributed by atoms with Crippen LogP contribution in [-0.2, 0) is 4.79 Å². The Kier molecular flexibility index (Phi) is 6.07. The van der Waals surface area contributed by atoms with Crippen LogP contribution in [0.15, 0.2) is 24.3 Å². The molecule has 0 aliphatic heterocycles. The van der Waals surface area contributed by atoms with E-state index in [1.54, 1.807) is 32.2 Å². The van der Waals surface area contributed by atoms with E-state index in [0.717, 1.165) is 6.42 Å². The average molecular weight is 296 g/mol. The number of carbonyl (C=O) groups is 1. The zero-order valence-corrected chi connectivity index (χ0v) is 12.9. The quantitative estimate of drug-likeness (QED) is 0.821. The zero-order chi connectivity index (χ0) is 15.3. The van der Waals surface area contributed by atoms with Crippen LogP contribution in [0.4, 0.5) is 4.39 Å². The maximum absolute atomic E-state index is 13.8. The summed E-state index contributed by atoms with van der Waals surface area (Å²) in [6, 6.07) is 6.09. The highest BCUT2D eigenvalue weighted by molar-refractivity contribution is 7.80. The van der Waals surface area contributed by atoms with Crippen LogP contribution in [0.3, 0.4) is 0 Å². The van der Waals surface area contributed by atoms with E-state index < -0.39 is 5.92 Å². The lowest BCUT2D eigenvalue weighted by molar-refractivity contribution is -0.134. The Morgan fingerprint density at radius 3 is 2.55 bits per heavy atom. The SMILES string of the molecule is CCCC(C(=O)N(C)C(C)c1ccccc1F)C(N)=S. The van der Waals surface area contributed by atoms with E-state index in [1.807, 2.05) is 6.92 Å². The Balaban J connectivity index is 2.93. The predicted octanol–water partition coefficient (Wildman–Crippen LogP) is 3.05. The fourth-order valence-corrected chi connectivity index (χ4v) is 2.35. The van der Waals surface area contributed by atoms with Gasteiger partial charge in [0.15, 0.2) is 0 Å². The molecule has 0 saturated heterocycles. The highest BCUT2D eigenvalue weighted by Crippen LogP contribution is 2.24. The van der Waals surface area contributed by atoms with Crippen LogP contribution < -0.4 is 5.73 Å². The van der Waals surface area contributed by atoms with Gasteiger partial charge in [-0.25, -0.2) is 4.39 Å². The molecule has 0 bridgehead atoms. The molecule has 0 fully saturated rings. The van der Waals surface area contributed by atoms with Crippen molar-refractivity contribution in [1.82, 2.24) is 4.90 Å². The molecular weight excluding hydrogens is 275 g/mol. The Hall–Kier alpha value is -1.49. The third-order valence-corrected chi connectivity index (χ3v) is 3.79. The van der Waals surface area contributed by atoms with E-state index in [-0.39, 0.29) is 22.8 Å². The van der Waals surface area contributed by atoms with Crippen molar-refractivity contribution in [3.8, 4) is 0 Å². The third kappa shape index (κ3) is 3.76. The van der Waals surface area contributed by atoms with Gasteiger partial charge in [0.05, 0.1) is 16.9 Å². The number of rotatable bonds is 6. The molecule has 2 atom stereocenters. The predicted molar refractivity (Wildman–Crippen MR) is 82.8 cm³/mol. The molecule has 0 aliphatic carbocycles. The summed E-state index contributed by atoms with van der Waals surface area (Å²) in [4.78, 5) is 14.1. The number of halogens is 1. The maximum atomic E-state index is 13.8. The monoisotopic (exact) mass is 296 g/mol. The fraction of sp³-hybridized carbons (Fsp3) is 0.467. The van der Waals surface area contributed by atoms with Gasteiger partial charge in [-0.3, -0.25) is 4.79 Å². The van der Waals surface area contributed by atoms with Crippen LogP contribution >= 0.6 is 12.2 Å². The van der Waals surface area contributed by atoms with Crippen LogP contribution in [0, 0.1) is 11.7 Å². The number of nitrogens with two attached hydrogens (primary N) is 1. The van der Waals surface area contributed by atoms with Crippen LogP contribution in [0.25, 0.3) is 0 Å². The summed E-state index contributed by atoms with van der Waals surface area (Å²) in [5, 5.41) is 0. The lowest BCUT2D eigenvalue weighted by Crippen LogP contribution is -2.40. The molecule has 1 aromatic carbocycles. The van der Waals surface area contributed by atoms with Gasteiger partial charge in [-0.15, -0.1) is 0 Å². The lowest BCUT2D eigenvalue weighted by Gasteiger charge is -2.29. The second kappa shape index (κ2) is 7.33. The number of nitrogens with zero attached hydrogens (tertiary/aromatic N) is 1. The minimum atomic E-state index is -0.478. The van der Waals surface area contributed by atoms with Gasteiger partial charge < -0.3 is 10.6 Å². The molecule has 2 unspecified atom stereocenters. The molecular formula is C15H21FN2OS. The number of hydrogen-bond donors (Lipinski definition) is 1. The Bertz CT molecular complexity index is 493. The Labute approximate surface area is 125 Å². The van der Waals surface area contributed by atoms with Gasteiger partial charge in [-0.05, 0) is 19.4 Å². The molecule has 0 heterocycles. The first-order valence-corrected chi connectivity index (χ1v) is 7.11. The molecule has 1 rings (SSSR count). The highest BCUT2D eigenvalue weighted by Gasteiger charge is 2.27. The minimum absolute atomic E-state index is 0.157. The number of carbonyl (C=O) groups excluding carboxylic acids is 1. The molecule has 110 valence electrons. The Morgan fingerprint density at radius 2 is 2.05 bits per heavy atom. The van der Waals surface area contributed by atoms with Gasteiger partial charge in [0.25, 0.3) is 0 Å². The number of thiocarbonyl (C=S) groups is 1. The fourth-order valence-electron chi connectivity index (χ4n) is 2.14. The smallest absolute Gasteiger partial charge is 0.232 e. The van der Waals surface area contributed by atoms with Gasteiger partial charge in [0, 0.05) is 12.6 Å². The van der Waals surface area contributed by atoms with Crippen LogP contribution in [0.1, 0.15) is 38.3 Å². The summed E-state index contributed by atoms with van der Waals surface area (Å²) in [7, 11) is 1.65. The first-order valence-electron chi connectivity index (χ1n) is 6.70. The van der Waals surface area contributed by atoms with Crippen molar-refractivity contribution in [1.29, 1.82) is 0 Å². The van der Waals surface area contributed by atoms with Crippen LogP contribution in [-0.4, -0.2) is 22.8 Å². The number of amides is 1. The van der Waals surface area contributed by atoms with Gasteiger partial charge in [0.1, 0.15) is 5.82 Å². The van der Waals surface area contributed by atoms with Crippen LogP contribution in [0.5, 0.6) is 0 Å². The first-order chi connectivity index (χ1) is 9.40. The topological polar surface area (TPSA) is 46.3 Å². The standard InChI is InChI=1S/C15H21FN2OS/c1-4-7-12(14(17)20)15(19)18(3)10(2)11-8-5-6-9-13(11)16/h5-6,8-10,12H,4,7H2,1-3H3,(H2,17,20). The summed E-state index contributed by atoms with van der Waals surface area (Å²) in [6.45, 7) is 3.76. The zero-order valence-electron chi connectivity index (χ0n) is 12.1. The van der Waals surface area contributed by atoms with Gasteiger partial charge in [-0.1, -0.05) is 43.8 Å². The lowest BCUT2D eigenvalue weighted by atomic mass is 9.99. The largest absolute Gasteiger partial charge is 0.393 e. The van der Waals surface area contributed by atoms with E-state index in [2.05, 4.69) is 0 Å². The summed E-state index contributed by atoms with van der Waals surface area (Å²) in [6.07, 6.45) is 1.43. The van der Waals surface area contributed by atoms with Crippen molar-refractivity contribution >= 4 is 23.1 Å². The third-order valence-electron chi connectivity index (χ3n) is 3.50. The van der Waals surface area contributed by atoms with Gasteiger partial charge in [-0.2, -0.15) is 0 Å². The molecule has 1 amide bonds. The van der Waals surface area contributed by atoms with E-state index in [0.29, 0.717) is 12.0 Å². The first kappa shape index (κ1) is 16.6. The minimum Gasteiger partial charge on any atom is -0.393 e. The van der Waals surface area contributed by atoms with Crippen molar-refractivity contribution in [3.05, 3.63) is 35.6 Å². The molecule has 5 heteroatoms. The van der Waals surface area contributed by atoms with Crippen molar-refractivity contribution in [2.75, 3.05) is 7.05 Å². The molecule has 3 nitrogen and oxygen atoms in total. The summed E-state index contributed by atoms with van der Waals surface area (Å²) in [5.41, 5.74) is 6.13. The maximum Gasteiger partial charge on any atom is 0.232 e. The molecule has 1 aromatic rings. The number of hydrogen-bond acceptors (Lipinski definition) is 2. The van der Waals surface area contributed by atoms with Crippen molar-refractivity contribution in [2.45, 2.75) is 32.7 Å². The van der Waals surface area contributed by atoms with Crippen LogP contribution in [0.2, 0.25) is 0 Å². The summed E-state index contributed by atoms with van der Waals surface area (Å²) < 4.78 is 13.8. The second-order valence-electron chi connectivity index (χ2n) is 4.89. The molecule has 0 aromatic heterocycles. The molecule has 2 N–H and O–H groups in total. The average Bonchev–Trinajstić information content (AvgIpc) is 2.42. The highest BCUT2D eigenvalue weighted by atomic mass is 32.1. The molecule has 20 heavy (non-hydrogen) atoms. The molecule has 0 spiro atoms. The molecule has 0 saturated carbocycles. The number of benzene rings is 1. The van der Waals surface area contributed by atoms with E-state index in [1.165, 1.54) is 11.0 Å². The normalized spacial score (nSPS) is 13.6. The van der Waals surface area contributed by atoms with E-state index in [4.69, 9.17) is 18.0 Å².